The summed E-state index contributed by atoms with van der Waals surface area (Å²) >= 11 is 4.42. The molecule has 0 aliphatic carbocycles. The number of nitrogens with zero attached hydrogens (tertiary/aromatic N) is 3. The normalized spacial score (nSPS) is 13.9. The van der Waals surface area contributed by atoms with Crippen LogP contribution >= 0.6 is 12.2 Å². The smallest absolute Gasteiger partial charge is 0.131 e. The standard InChI is InChI=1S/C7H11N3S/c1-2-3-4-5-7-9-10(7)8-6-11/h2-5H2,1H3. The average Bonchev–Trinajstić information content (AvgIpc) is 2.70. The molecule has 0 saturated heterocycles. The van der Waals surface area contributed by atoms with E-state index in [9.17, 15) is 0 Å². The lowest BCUT2D eigenvalue weighted by Crippen LogP contribution is -1.95. The first kappa shape index (κ1) is 8.37. The van der Waals surface area contributed by atoms with Crippen LogP contribution in [-0.2, 0) is 0 Å². The van der Waals surface area contributed by atoms with Gasteiger partial charge in [-0.3, -0.25) is 0 Å². The van der Waals surface area contributed by atoms with E-state index in [1.54, 1.807) is 5.12 Å². The van der Waals surface area contributed by atoms with Gasteiger partial charge in [-0.2, -0.15) is 0 Å². The van der Waals surface area contributed by atoms with Crippen molar-refractivity contribution >= 4 is 23.2 Å². The molecule has 0 bridgehead atoms. The molecule has 1 aliphatic rings. The van der Waals surface area contributed by atoms with Crippen LogP contribution in [0.5, 0.6) is 0 Å². The number of hydrazone groups is 2. The Balaban J connectivity index is 2.04. The first-order chi connectivity index (χ1) is 5.38. The van der Waals surface area contributed by atoms with Gasteiger partial charge in [0.2, 0.25) is 0 Å². The summed E-state index contributed by atoms with van der Waals surface area (Å²) in [5, 5.41) is 11.5. The summed E-state index contributed by atoms with van der Waals surface area (Å²) in [4.78, 5) is 0. The van der Waals surface area contributed by atoms with Crippen LogP contribution in [-0.4, -0.2) is 16.1 Å². The van der Waals surface area contributed by atoms with Crippen molar-refractivity contribution in [1.82, 2.24) is 5.12 Å². The molecule has 0 amide bonds. The summed E-state index contributed by atoms with van der Waals surface area (Å²) in [6.45, 7) is 2.18. The van der Waals surface area contributed by atoms with Crippen molar-refractivity contribution < 1.29 is 0 Å². The van der Waals surface area contributed by atoms with E-state index in [1.165, 1.54) is 19.3 Å². The van der Waals surface area contributed by atoms with Crippen molar-refractivity contribution in [3.05, 3.63) is 0 Å². The fourth-order valence-corrected chi connectivity index (χ4v) is 0.966. The predicted octanol–water partition coefficient (Wildman–Crippen LogP) is 2.21. The van der Waals surface area contributed by atoms with Gasteiger partial charge in [0.05, 0.1) is 5.16 Å². The number of hydrogen-bond acceptors (Lipinski definition) is 4. The fraction of sp³-hybridized carbons (Fsp3) is 0.714. The molecular weight excluding hydrogens is 158 g/mol. The highest BCUT2D eigenvalue weighted by Crippen LogP contribution is 2.15. The molecule has 4 heteroatoms. The highest BCUT2D eigenvalue weighted by molar-refractivity contribution is 7.78. The van der Waals surface area contributed by atoms with Crippen LogP contribution in [0.4, 0.5) is 0 Å². The van der Waals surface area contributed by atoms with E-state index in [-0.39, 0.29) is 0 Å². The number of thiocarbonyl (C=S) groups is 1. The lowest BCUT2D eigenvalue weighted by molar-refractivity contribution is 0.593. The van der Waals surface area contributed by atoms with Crippen LogP contribution in [0.25, 0.3) is 0 Å². The molecule has 1 rings (SSSR count). The largest absolute Gasteiger partial charge is 0.174 e. The summed E-state index contributed by atoms with van der Waals surface area (Å²) in [6, 6.07) is 0. The van der Waals surface area contributed by atoms with Gasteiger partial charge in [-0.1, -0.05) is 24.9 Å². The summed E-state index contributed by atoms with van der Waals surface area (Å²) in [5.74, 6) is 1.04. The Morgan fingerprint density at radius 1 is 1.64 bits per heavy atom. The van der Waals surface area contributed by atoms with Gasteiger partial charge in [0.1, 0.15) is 0 Å². The van der Waals surface area contributed by atoms with Gasteiger partial charge < -0.3 is 0 Å². The van der Waals surface area contributed by atoms with Crippen LogP contribution in [0, 0.1) is 0 Å². The summed E-state index contributed by atoms with van der Waals surface area (Å²) in [7, 11) is 0. The first-order valence-electron chi connectivity index (χ1n) is 3.84. The molecule has 0 aromatic rings. The first-order valence-corrected chi connectivity index (χ1v) is 4.24. The lowest BCUT2D eigenvalue weighted by Gasteiger charge is -1.91. The molecule has 0 radical (unpaired) electrons. The second kappa shape index (κ2) is 4.21. The predicted molar refractivity (Wildman–Crippen MR) is 48.4 cm³/mol. The van der Waals surface area contributed by atoms with Crippen molar-refractivity contribution in [3.8, 4) is 0 Å². The summed E-state index contributed by atoms with van der Waals surface area (Å²) in [6.07, 6.45) is 4.71. The van der Waals surface area contributed by atoms with Gasteiger partial charge >= 0.3 is 0 Å². The number of amidine groups is 1. The Morgan fingerprint density at radius 2 is 2.45 bits per heavy atom. The molecule has 0 unspecified atom stereocenters. The number of unbranched alkanes of at least 4 members (excludes halogenated alkanes) is 2. The quantitative estimate of drug-likeness (QED) is 0.358. The maximum Gasteiger partial charge on any atom is 0.174 e. The molecule has 0 spiro atoms. The second-order valence-electron chi connectivity index (χ2n) is 2.45. The molecule has 3 nitrogen and oxygen atoms in total. The third-order valence-electron chi connectivity index (χ3n) is 1.54. The average molecular weight is 169 g/mol. The van der Waals surface area contributed by atoms with Crippen LogP contribution in [0.1, 0.15) is 32.6 Å². The molecule has 1 aliphatic heterocycles. The maximum atomic E-state index is 4.42. The Kier molecular flexibility index (Phi) is 3.20. The van der Waals surface area contributed by atoms with Crippen molar-refractivity contribution in [1.29, 1.82) is 0 Å². The van der Waals surface area contributed by atoms with E-state index in [4.69, 9.17) is 0 Å². The maximum absolute atomic E-state index is 4.42. The van der Waals surface area contributed by atoms with E-state index in [0.29, 0.717) is 0 Å². The van der Waals surface area contributed by atoms with Crippen LogP contribution in [0.15, 0.2) is 10.2 Å². The molecule has 0 fully saturated rings. The van der Waals surface area contributed by atoms with Gasteiger partial charge in [0.25, 0.3) is 0 Å². The number of hydrogen-bond donors (Lipinski definition) is 0. The minimum atomic E-state index is 1.02. The van der Waals surface area contributed by atoms with Crippen molar-refractivity contribution in [2.24, 2.45) is 10.2 Å². The third kappa shape index (κ3) is 2.78. The number of rotatable bonds is 5. The minimum Gasteiger partial charge on any atom is -0.131 e. The molecular formula is C7H11N3S. The Hall–Kier alpha value is -0.730. The Labute approximate surface area is 71.8 Å². The summed E-state index contributed by atoms with van der Waals surface area (Å²) in [5.41, 5.74) is 0. The molecule has 0 saturated carbocycles. The molecule has 0 aromatic carbocycles. The van der Waals surface area contributed by atoms with Crippen molar-refractivity contribution in [3.63, 3.8) is 0 Å². The van der Waals surface area contributed by atoms with E-state index in [1.807, 2.05) is 0 Å². The molecule has 0 aromatic heterocycles. The third-order valence-corrected chi connectivity index (χ3v) is 1.62. The second-order valence-corrected chi connectivity index (χ2v) is 2.64. The Morgan fingerprint density at radius 3 is 3.09 bits per heavy atom. The molecule has 0 N–H and O–H groups in total. The molecule has 11 heavy (non-hydrogen) atoms. The van der Waals surface area contributed by atoms with Crippen LogP contribution in [0.2, 0.25) is 0 Å². The zero-order valence-electron chi connectivity index (χ0n) is 6.58. The summed E-state index contributed by atoms with van der Waals surface area (Å²) < 4.78 is 0. The number of isothiocyanates is 1. The highest BCUT2D eigenvalue weighted by atomic mass is 32.1. The molecule has 0 atom stereocenters. The van der Waals surface area contributed by atoms with E-state index in [0.717, 1.165) is 12.3 Å². The SMILES string of the molecule is CCCCCC1=NN1N=C=S. The van der Waals surface area contributed by atoms with Crippen molar-refractivity contribution in [2.45, 2.75) is 32.6 Å². The van der Waals surface area contributed by atoms with Gasteiger partial charge in [-0.05, 0) is 18.6 Å². The minimum absolute atomic E-state index is 1.02. The van der Waals surface area contributed by atoms with Gasteiger partial charge in [0, 0.05) is 6.42 Å². The van der Waals surface area contributed by atoms with E-state index < -0.39 is 0 Å². The zero-order valence-corrected chi connectivity index (χ0v) is 7.39. The van der Waals surface area contributed by atoms with Crippen molar-refractivity contribution in [2.75, 3.05) is 0 Å². The highest BCUT2D eigenvalue weighted by Gasteiger charge is 2.21. The zero-order chi connectivity index (χ0) is 8.10. The Bertz CT molecular complexity index is 206. The van der Waals surface area contributed by atoms with Gasteiger partial charge in [0.15, 0.2) is 5.84 Å². The van der Waals surface area contributed by atoms with Crippen LogP contribution < -0.4 is 0 Å². The molecule has 1 heterocycles. The van der Waals surface area contributed by atoms with Gasteiger partial charge in [-0.15, -0.1) is 10.2 Å². The van der Waals surface area contributed by atoms with Crippen LogP contribution in [0.3, 0.4) is 0 Å². The lowest BCUT2D eigenvalue weighted by atomic mass is 10.2. The van der Waals surface area contributed by atoms with E-state index in [2.05, 4.69) is 34.5 Å². The fourth-order valence-electron chi connectivity index (χ4n) is 0.889. The topological polar surface area (TPSA) is 27.7 Å². The van der Waals surface area contributed by atoms with Gasteiger partial charge in [-0.25, -0.2) is 0 Å². The monoisotopic (exact) mass is 169 g/mol. The van der Waals surface area contributed by atoms with E-state index >= 15 is 0 Å². The molecule has 60 valence electrons.